The van der Waals surface area contributed by atoms with Gasteiger partial charge in [-0.3, -0.25) is 9.36 Å². The number of benzene rings is 3. The van der Waals surface area contributed by atoms with Crippen molar-refractivity contribution in [3.8, 4) is 22.8 Å². The van der Waals surface area contributed by atoms with Gasteiger partial charge in [0.25, 0.3) is 5.91 Å². The Morgan fingerprint density at radius 1 is 1.03 bits per heavy atom. The van der Waals surface area contributed by atoms with Crippen molar-refractivity contribution in [1.29, 1.82) is 0 Å². The Labute approximate surface area is 234 Å². The number of thioether (sulfide) groups is 1. The van der Waals surface area contributed by atoms with Gasteiger partial charge in [0.05, 0.1) is 12.9 Å². The third-order valence-corrected chi connectivity index (χ3v) is 6.96. The molecule has 1 aromatic heterocycles. The SMILES string of the molecule is COc1ccccc1/C=C/C=N\NC(=O)CSc1nnc(-c2ccc(C(C)(C)C)cc2)n1-c1ccc(C)cc1. The summed E-state index contributed by atoms with van der Waals surface area (Å²) in [5.74, 6) is 1.39. The number of hydrazone groups is 1. The number of aryl methyl sites for hydroxylation is 1. The number of nitrogens with one attached hydrogen (secondary N) is 1. The van der Waals surface area contributed by atoms with Crippen LogP contribution in [0, 0.1) is 6.92 Å². The lowest BCUT2D eigenvalue weighted by molar-refractivity contribution is -0.118. The molecule has 0 spiro atoms. The average molecular weight is 540 g/mol. The minimum atomic E-state index is -0.239. The number of methoxy groups -OCH3 is 1. The fourth-order valence-corrected chi connectivity index (χ4v) is 4.61. The van der Waals surface area contributed by atoms with Crippen LogP contribution < -0.4 is 10.2 Å². The summed E-state index contributed by atoms with van der Waals surface area (Å²) in [6.45, 7) is 8.63. The predicted octanol–water partition coefficient (Wildman–Crippen LogP) is 6.46. The molecule has 0 atom stereocenters. The van der Waals surface area contributed by atoms with Crippen molar-refractivity contribution in [3.05, 3.63) is 95.6 Å². The first kappa shape index (κ1) is 27.9. The molecule has 0 bridgehead atoms. The highest BCUT2D eigenvalue weighted by atomic mass is 32.2. The van der Waals surface area contributed by atoms with Gasteiger partial charge in [0.1, 0.15) is 5.75 Å². The van der Waals surface area contributed by atoms with Crippen LogP contribution in [-0.4, -0.2) is 39.7 Å². The van der Waals surface area contributed by atoms with Gasteiger partial charge in [-0.25, -0.2) is 5.43 Å². The molecule has 8 heteroatoms. The molecule has 1 amide bonds. The summed E-state index contributed by atoms with van der Waals surface area (Å²) in [5.41, 5.74) is 7.85. The molecule has 39 heavy (non-hydrogen) atoms. The molecule has 0 saturated carbocycles. The Morgan fingerprint density at radius 2 is 1.74 bits per heavy atom. The van der Waals surface area contributed by atoms with E-state index < -0.39 is 0 Å². The normalized spacial score (nSPS) is 11.8. The maximum absolute atomic E-state index is 12.5. The zero-order chi connectivity index (χ0) is 27.8. The molecular weight excluding hydrogens is 506 g/mol. The summed E-state index contributed by atoms with van der Waals surface area (Å²) in [6.07, 6.45) is 5.14. The summed E-state index contributed by atoms with van der Waals surface area (Å²) < 4.78 is 7.32. The maximum Gasteiger partial charge on any atom is 0.250 e. The predicted molar refractivity (Wildman–Crippen MR) is 160 cm³/mol. The van der Waals surface area contributed by atoms with Crippen molar-refractivity contribution < 1.29 is 9.53 Å². The van der Waals surface area contributed by atoms with Crippen molar-refractivity contribution in [2.75, 3.05) is 12.9 Å². The zero-order valence-corrected chi connectivity index (χ0v) is 23.7. The van der Waals surface area contributed by atoms with Crippen LogP contribution >= 0.6 is 11.8 Å². The molecule has 0 aliphatic rings. The number of carbonyl (C=O) groups is 1. The van der Waals surface area contributed by atoms with E-state index in [9.17, 15) is 4.79 Å². The van der Waals surface area contributed by atoms with E-state index in [4.69, 9.17) is 4.74 Å². The summed E-state index contributed by atoms with van der Waals surface area (Å²) in [6, 6.07) is 24.2. The van der Waals surface area contributed by atoms with E-state index in [0.29, 0.717) is 5.16 Å². The fraction of sp³-hybridized carbons (Fsp3) is 0.226. The van der Waals surface area contributed by atoms with Gasteiger partial charge in [-0.05, 0) is 48.3 Å². The van der Waals surface area contributed by atoms with Gasteiger partial charge < -0.3 is 4.74 Å². The topological polar surface area (TPSA) is 81.4 Å². The molecule has 200 valence electrons. The largest absolute Gasteiger partial charge is 0.496 e. The highest BCUT2D eigenvalue weighted by molar-refractivity contribution is 7.99. The van der Waals surface area contributed by atoms with Gasteiger partial charge in [0.15, 0.2) is 11.0 Å². The van der Waals surface area contributed by atoms with Crippen LogP contribution in [0.15, 0.2) is 89.1 Å². The molecule has 7 nitrogen and oxygen atoms in total. The Bertz CT molecular complexity index is 1470. The van der Waals surface area contributed by atoms with Gasteiger partial charge >= 0.3 is 0 Å². The molecule has 0 radical (unpaired) electrons. The Kier molecular flexibility index (Phi) is 8.99. The number of rotatable bonds is 9. The standard InChI is InChI=1S/C31H33N5O2S/c1-22-12-18-26(19-13-22)36-29(24-14-16-25(17-15-24)31(2,3)4)34-35-30(36)39-21-28(37)33-32-20-8-10-23-9-6-7-11-27(23)38-5/h6-20H,21H2,1-5H3,(H,33,37)/b10-8+,32-20-. The number of nitrogens with zero attached hydrogens (tertiary/aromatic N) is 4. The quantitative estimate of drug-likeness (QED) is 0.150. The molecule has 1 N–H and O–H groups in total. The minimum absolute atomic E-state index is 0.0597. The van der Waals surface area contributed by atoms with Gasteiger partial charge in [-0.1, -0.05) is 92.7 Å². The van der Waals surface area contributed by atoms with Crippen LogP contribution in [0.2, 0.25) is 0 Å². The summed E-state index contributed by atoms with van der Waals surface area (Å²) in [5, 5.41) is 13.6. The molecule has 0 unspecified atom stereocenters. The van der Waals surface area contributed by atoms with E-state index in [0.717, 1.165) is 34.0 Å². The monoisotopic (exact) mass is 539 g/mol. The Balaban J connectivity index is 1.47. The fourth-order valence-electron chi connectivity index (χ4n) is 3.86. The first-order valence-corrected chi connectivity index (χ1v) is 13.6. The molecule has 4 aromatic rings. The van der Waals surface area contributed by atoms with Crippen molar-refractivity contribution in [1.82, 2.24) is 20.2 Å². The molecular formula is C31H33N5O2S. The molecule has 1 heterocycles. The third-order valence-electron chi connectivity index (χ3n) is 6.03. The summed E-state index contributed by atoms with van der Waals surface area (Å²) in [4.78, 5) is 12.5. The second kappa shape index (κ2) is 12.6. The van der Waals surface area contributed by atoms with Crippen molar-refractivity contribution in [3.63, 3.8) is 0 Å². The van der Waals surface area contributed by atoms with Gasteiger partial charge in [-0.2, -0.15) is 5.10 Å². The van der Waals surface area contributed by atoms with E-state index in [1.165, 1.54) is 23.5 Å². The van der Waals surface area contributed by atoms with Gasteiger partial charge in [0.2, 0.25) is 0 Å². The van der Waals surface area contributed by atoms with Crippen LogP contribution in [0.4, 0.5) is 0 Å². The number of aromatic nitrogens is 3. The third kappa shape index (κ3) is 7.23. The minimum Gasteiger partial charge on any atom is -0.496 e. The van der Waals surface area contributed by atoms with E-state index >= 15 is 0 Å². The van der Waals surface area contributed by atoms with Crippen LogP contribution in [-0.2, 0) is 10.2 Å². The molecule has 0 fully saturated rings. The smallest absolute Gasteiger partial charge is 0.250 e. The molecule has 0 aliphatic carbocycles. The Hall–Kier alpha value is -4.17. The summed E-state index contributed by atoms with van der Waals surface area (Å²) >= 11 is 1.31. The lowest BCUT2D eigenvalue weighted by atomic mass is 9.87. The second-order valence-electron chi connectivity index (χ2n) is 10.0. The van der Waals surface area contributed by atoms with Crippen molar-refractivity contribution in [2.45, 2.75) is 38.3 Å². The second-order valence-corrected chi connectivity index (χ2v) is 10.9. The van der Waals surface area contributed by atoms with E-state index in [-0.39, 0.29) is 17.1 Å². The van der Waals surface area contributed by atoms with E-state index in [1.54, 1.807) is 13.2 Å². The van der Waals surface area contributed by atoms with Crippen molar-refractivity contribution >= 4 is 30.0 Å². The lowest BCUT2D eigenvalue weighted by Gasteiger charge is -2.19. The Morgan fingerprint density at radius 3 is 2.44 bits per heavy atom. The van der Waals surface area contributed by atoms with E-state index in [1.807, 2.05) is 54.0 Å². The highest BCUT2D eigenvalue weighted by Crippen LogP contribution is 2.30. The highest BCUT2D eigenvalue weighted by Gasteiger charge is 2.19. The lowest BCUT2D eigenvalue weighted by Crippen LogP contribution is -2.19. The summed E-state index contributed by atoms with van der Waals surface area (Å²) in [7, 11) is 1.63. The number of hydrogen-bond acceptors (Lipinski definition) is 6. The molecule has 3 aromatic carbocycles. The molecule has 4 rings (SSSR count). The average Bonchev–Trinajstić information content (AvgIpc) is 3.36. The van der Waals surface area contributed by atoms with Crippen LogP contribution in [0.3, 0.4) is 0 Å². The number of hydrogen-bond donors (Lipinski definition) is 1. The van der Waals surface area contributed by atoms with Gasteiger partial charge in [0, 0.05) is 23.0 Å². The van der Waals surface area contributed by atoms with Gasteiger partial charge in [-0.15, -0.1) is 10.2 Å². The number of carbonyl (C=O) groups excluding carboxylic acids is 1. The number of amides is 1. The van der Waals surface area contributed by atoms with Crippen molar-refractivity contribution in [2.24, 2.45) is 5.10 Å². The molecule has 0 saturated heterocycles. The number of allylic oxidation sites excluding steroid dienone is 1. The zero-order valence-electron chi connectivity index (χ0n) is 22.9. The first-order chi connectivity index (χ1) is 18.8. The molecule has 0 aliphatic heterocycles. The number of para-hydroxylation sites is 1. The first-order valence-electron chi connectivity index (χ1n) is 12.6. The maximum atomic E-state index is 12.5. The number of ether oxygens (including phenoxy) is 1. The van der Waals surface area contributed by atoms with Crippen LogP contribution in [0.5, 0.6) is 5.75 Å². The van der Waals surface area contributed by atoms with E-state index in [2.05, 4.69) is 77.9 Å². The van der Waals surface area contributed by atoms with Crippen LogP contribution in [0.1, 0.15) is 37.5 Å². The van der Waals surface area contributed by atoms with Crippen LogP contribution in [0.25, 0.3) is 23.2 Å².